The van der Waals surface area contributed by atoms with Crippen molar-refractivity contribution in [2.75, 3.05) is 11.1 Å². The van der Waals surface area contributed by atoms with Gasteiger partial charge in [0.05, 0.1) is 10.7 Å². The van der Waals surface area contributed by atoms with E-state index in [0.717, 1.165) is 0 Å². The number of nitrogens with two attached hydrogens (primary N) is 1. The van der Waals surface area contributed by atoms with Crippen LogP contribution in [0.2, 0.25) is 5.02 Å². The van der Waals surface area contributed by atoms with Crippen molar-refractivity contribution in [2.24, 2.45) is 7.05 Å². The quantitative estimate of drug-likeness (QED) is 0.827. The average Bonchev–Trinajstić information content (AvgIpc) is 2.74. The summed E-state index contributed by atoms with van der Waals surface area (Å²) in [6.45, 7) is 0.503. The lowest BCUT2D eigenvalue weighted by Crippen LogP contribution is -2.22. The minimum atomic E-state index is -0.148. The second-order valence-electron chi connectivity index (χ2n) is 4.78. The Labute approximate surface area is 127 Å². The third-order valence-electron chi connectivity index (χ3n) is 3.09. The van der Waals surface area contributed by atoms with Gasteiger partial charge in [-0.2, -0.15) is 0 Å². The number of nitrogens with zero attached hydrogens (tertiary/aromatic N) is 2. The lowest BCUT2D eigenvalue weighted by atomic mass is 10.2. The molecule has 0 aliphatic rings. The summed E-state index contributed by atoms with van der Waals surface area (Å²) in [6.07, 6.45) is 4.28. The topological polar surface area (TPSA) is 82.1 Å². The number of benzene rings is 1. The Morgan fingerprint density at radius 2 is 2.14 bits per heavy atom. The molecule has 0 saturated heterocycles. The number of carbonyl (C=O) groups is 1. The molecule has 7 heteroatoms. The number of aryl methyl sites for hydroxylation is 2. The zero-order chi connectivity index (χ0) is 15.4. The van der Waals surface area contributed by atoms with Crippen molar-refractivity contribution < 1.29 is 4.79 Å². The van der Waals surface area contributed by atoms with Crippen LogP contribution in [0.1, 0.15) is 12.8 Å². The average molecular weight is 309 g/mol. The second-order valence-corrected chi connectivity index (χ2v) is 5.18. The molecule has 1 heterocycles. The molecule has 0 saturated carbocycles. The fraction of sp³-hybridized carbons (Fsp3) is 0.286. The first-order valence-corrected chi connectivity index (χ1v) is 6.92. The molecule has 0 aliphatic heterocycles. The molecule has 3 N–H and O–H groups in total. The molecule has 1 amide bonds. The summed E-state index contributed by atoms with van der Waals surface area (Å²) in [5.41, 5.74) is 6.58. The van der Waals surface area contributed by atoms with E-state index in [1.165, 1.54) is 4.57 Å². The van der Waals surface area contributed by atoms with Crippen LogP contribution in [-0.2, 0) is 18.4 Å². The van der Waals surface area contributed by atoms with Crippen LogP contribution < -0.4 is 16.7 Å². The van der Waals surface area contributed by atoms with Crippen LogP contribution in [0.3, 0.4) is 0 Å². The van der Waals surface area contributed by atoms with E-state index in [9.17, 15) is 9.59 Å². The van der Waals surface area contributed by atoms with Crippen molar-refractivity contribution in [2.45, 2.75) is 19.4 Å². The van der Waals surface area contributed by atoms with Crippen molar-refractivity contribution in [3.05, 3.63) is 46.1 Å². The van der Waals surface area contributed by atoms with Gasteiger partial charge in [0.25, 0.3) is 0 Å². The van der Waals surface area contributed by atoms with Crippen molar-refractivity contribution in [1.29, 1.82) is 0 Å². The molecule has 0 aliphatic carbocycles. The SMILES string of the molecule is Cn1ccn(CCCC(=O)Nc2ccc(N)cc2Cl)c1=O. The summed E-state index contributed by atoms with van der Waals surface area (Å²) in [5.74, 6) is -0.148. The maximum absolute atomic E-state index is 11.8. The Kier molecular flexibility index (Phi) is 4.70. The van der Waals surface area contributed by atoms with E-state index in [2.05, 4.69) is 5.32 Å². The van der Waals surface area contributed by atoms with Crippen LogP contribution in [-0.4, -0.2) is 15.0 Å². The predicted molar refractivity (Wildman–Crippen MR) is 83.4 cm³/mol. The van der Waals surface area contributed by atoms with Gasteiger partial charge in [-0.05, 0) is 24.6 Å². The highest BCUT2D eigenvalue weighted by molar-refractivity contribution is 6.34. The first-order chi connectivity index (χ1) is 9.97. The summed E-state index contributed by atoms with van der Waals surface area (Å²) < 4.78 is 3.07. The zero-order valence-corrected chi connectivity index (χ0v) is 12.4. The van der Waals surface area contributed by atoms with Crippen LogP contribution in [0.4, 0.5) is 11.4 Å². The normalized spacial score (nSPS) is 10.6. The van der Waals surface area contributed by atoms with E-state index in [1.54, 1.807) is 42.2 Å². The zero-order valence-electron chi connectivity index (χ0n) is 11.7. The Balaban J connectivity index is 1.85. The minimum Gasteiger partial charge on any atom is -0.399 e. The van der Waals surface area contributed by atoms with Crippen LogP contribution in [0, 0.1) is 0 Å². The summed E-state index contributed by atoms with van der Waals surface area (Å²) in [4.78, 5) is 23.4. The molecule has 2 aromatic rings. The van der Waals surface area contributed by atoms with Crippen molar-refractivity contribution in [3.63, 3.8) is 0 Å². The van der Waals surface area contributed by atoms with Gasteiger partial charge < -0.3 is 15.6 Å². The summed E-state index contributed by atoms with van der Waals surface area (Å²) in [5, 5.41) is 3.13. The molecule has 0 bridgehead atoms. The molecule has 1 aromatic heterocycles. The highest BCUT2D eigenvalue weighted by Gasteiger charge is 2.07. The maximum atomic E-state index is 11.8. The van der Waals surface area contributed by atoms with E-state index in [1.807, 2.05) is 0 Å². The van der Waals surface area contributed by atoms with Gasteiger partial charge in [-0.1, -0.05) is 11.6 Å². The highest BCUT2D eigenvalue weighted by atomic mass is 35.5. The maximum Gasteiger partial charge on any atom is 0.327 e. The van der Waals surface area contributed by atoms with Gasteiger partial charge in [-0.15, -0.1) is 0 Å². The lowest BCUT2D eigenvalue weighted by molar-refractivity contribution is -0.116. The number of imidazole rings is 1. The molecule has 6 nitrogen and oxygen atoms in total. The van der Waals surface area contributed by atoms with Gasteiger partial charge in [0, 0.05) is 38.1 Å². The van der Waals surface area contributed by atoms with Crippen LogP contribution in [0.25, 0.3) is 0 Å². The van der Waals surface area contributed by atoms with E-state index < -0.39 is 0 Å². The fourth-order valence-electron chi connectivity index (χ4n) is 1.94. The summed E-state index contributed by atoms with van der Waals surface area (Å²) >= 11 is 5.98. The standard InChI is InChI=1S/C14H17ClN4O2/c1-18-7-8-19(14(18)21)6-2-3-13(20)17-12-5-4-10(16)9-11(12)15/h4-5,7-9H,2-3,6,16H2,1H3,(H,17,20). The molecule has 21 heavy (non-hydrogen) atoms. The van der Waals surface area contributed by atoms with E-state index in [0.29, 0.717) is 35.8 Å². The Hall–Kier alpha value is -2.21. The number of aromatic nitrogens is 2. The first kappa shape index (κ1) is 15.2. The molecule has 1 aromatic carbocycles. The number of hydrogen-bond donors (Lipinski definition) is 2. The largest absolute Gasteiger partial charge is 0.399 e. The van der Waals surface area contributed by atoms with Crippen LogP contribution in [0.15, 0.2) is 35.4 Å². The van der Waals surface area contributed by atoms with Crippen LogP contribution >= 0.6 is 11.6 Å². The van der Waals surface area contributed by atoms with Gasteiger partial charge >= 0.3 is 5.69 Å². The number of nitrogen functional groups attached to an aromatic ring is 1. The number of amides is 1. The molecular weight excluding hydrogens is 292 g/mol. The monoisotopic (exact) mass is 308 g/mol. The van der Waals surface area contributed by atoms with Crippen molar-refractivity contribution in [3.8, 4) is 0 Å². The third kappa shape index (κ3) is 3.88. The number of anilines is 2. The Morgan fingerprint density at radius 3 is 2.76 bits per heavy atom. The molecule has 0 atom stereocenters. The number of hydrogen-bond acceptors (Lipinski definition) is 3. The molecule has 0 spiro atoms. The van der Waals surface area contributed by atoms with Crippen LogP contribution in [0.5, 0.6) is 0 Å². The van der Waals surface area contributed by atoms with E-state index >= 15 is 0 Å². The Bertz CT molecular complexity index is 705. The molecule has 0 radical (unpaired) electrons. The number of nitrogens with one attached hydrogen (secondary N) is 1. The van der Waals surface area contributed by atoms with E-state index in [4.69, 9.17) is 17.3 Å². The number of carbonyl (C=O) groups excluding carboxylic acids is 1. The van der Waals surface area contributed by atoms with Gasteiger partial charge in [0.2, 0.25) is 5.91 Å². The third-order valence-corrected chi connectivity index (χ3v) is 3.40. The van der Waals surface area contributed by atoms with Crippen molar-refractivity contribution >= 4 is 28.9 Å². The smallest absolute Gasteiger partial charge is 0.327 e. The molecule has 2 rings (SSSR count). The fourth-order valence-corrected chi connectivity index (χ4v) is 2.17. The number of rotatable bonds is 5. The van der Waals surface area contributed by atoms with Crippen molar-refractivity contribution in [1.82, 2.24) is 9.13 Å². The highest BCUT2D eigenvalue weighted by Crippen LogP contribution is 2.24. The molecule has 112 valence electrons. The first-order valence-electron chi connectivity index (χ1n) is 6.54. The molecular formula is C14H17ClN4O2. The molecule has 0 fully saturated rings. The van der Waals surface area contributed by atoms with Gasteiger partial charge in [0.15, 0.2) is 0 Å². The second kappa shape index (κ2) is 6.49. The molecule has 0 unspecified atom stereocenters. The van der Waals surface area contributed by atoms with Gasteiger partial charge in [-0.25, -0.2) is 4.79 Å². The summed E-state index contributed by atoms with van der Waals surface area (Å²) in [6, 6.07) is 4.92. The van der Waals surface area contributed by atoms with Gasteiger partial charge in [0.1, 0.15) is 0 Å². The Morgan fingerprint density at radius 1 is 1.38 bits per heavy atom. The minimum absolute atomic E-state index is 0.0861. The lowest BCUT2D eigenvalue weighted by Gasteiger charge is -2.08. The predicted octanol–water partition coefficient (Wildman–Crippen LogP) is 1.84. The van der Waals surface area contributed by atoms with E-state index in [-0.39, 0.29) is 11.6 Å². The van der Waals surface area contributed by atoms with Gasteiger partial charge in [-0.3, -0.25) is 9.36 Å². The summed E-state index contributed by atoms with van der Waals surface area (Å²) in [7, 11) is 1.69. The number of halogens is 1.